The molecule has 1 unspecified atom stereocenters. The van der Waals surface area contributed by atoms with E-state index in [1.54, 1.807) is 0 Å². The molecule has 0 aromatic carbocycles. The summed E-state index contributed by atoms with van der Waals surface area (Å²) in [6, 6.07) is 3.12. The molecule has 1 atom stereocenters. The van der Waals surface area contributed by atoms with E-state index >= 15 is 0 Å². The number of nitro groups is 1. The summed E-state index contributed by atoms with van der Waals surface area (Å²) >= 11 is 5.74. The normalized spacial score (nSPS) is 12.5. The second kappa shape index (κ2) is 7.25. The van der Waals surface area contributed by atoms with Crippen LogP contribution < -0.4 is 5.32 Å². The molecule has 7 heteroatoms. The third-order valence-electron chi connectivity index (χ3n) is 3.10. The molecule has 0 fully saturated rings. The van der Waals surface area contributed by atoms with Gasteiger partial charge in [-0.1, -0.05) is 18.5 Å². The molecule has 1 aromatic heterocycles. The largest absolute Gasteiger partial charge is 0.369 e. The van der Waals surface area contributed by atoms with Gasteiger partial charge in [0.15, 0.2) is 0 Å². The van der Waals surface area contributed by atoms with E-state index in [1.807, 2.05) is 7.05 Å². The maximum Gasteiger partial charge on any atom is 0.276 e. The van der Waals surface area contributed by atoms with Crippen molar-refractivity contribution in [1.29, 1.82) is 0 Å². The minimum absolute atomic E-state index is 0.0576. The number of anilines is 1. The summed E-state index contributed by atoms with van der Waals surface area (Å²) in [4.78, 5) is 16.4. The summed E-state index contributed by atoms with van der Waals surface area (Å²) in [7, 11) is 2.05. The fraction of sp³-hybridized carbons (Fsp3) is 0.583. The highest BCUT2D eigenvalue weighted by Crippen LogP contribution is 2.20. The second-order valence-corrected chi connectivity index (χ2v) is 4.84. The summed E-state index contributed by atoms with van der Waals surface area (Å²) in [5.74, 6) is 0.428. The molecule has 0 saturated heterocycles. The van der Waals surface area contributed by atoms with Crippen molar-refractivity contribution in [2.45, 2.75) is 26.3 Å². The van der Waals surface area contributed by atoms with Gasteiger partial charge < -0.3 is 10.2 Å². The van der Waals surface area contributed by atoms with E-state index in [0.29, 0.717) is 18.4 Å². The Labute approximate surface area is 117 Å². The molecule has 106 valence electrons. The quantitative estimate of drug-likeness (QED) is 0.474. The number of nitrogens with zero attached hydrogens (tertiary/aromatic N) is 3. The average Bonchev–Trinajstić information content (AvgIpc) is 2.36. The molecule has 0 radical (unpaired) electrons. The van der Waals surface area contributed by atoms with Gasteiger partial charge in [-0.2, -0.15) is 0 Å². The van der Waals surface area contributed by atoms with Crippen LogP contribution in [0, 0.1) is 10.1 Å². The first-order valence-corrected chi connectivity index (χ1v) is 6.58. The number of likely N-dealkylation sites (N-methyl/N-ethyl adjacent to an activating group) is 1. The SMILES string of the molecule is CCC(C)N(C)CCNc1cc([N+](=O)[O-])cc(Cl)n1. The van der Waals surface area contributed by atoms with E-state index in [4.69, 9.17) is 11.6 Å². The molecule has 0 aliphatic rings. The van der Waals surface area contributed by atoms with Crippen molar-refractivity contribution in [1.82, 2.24) is 9.88 Å². The number of pyridine rings is 1. The fourth-order valence-corrected chi connectivity index (χ4v) is 1.77. The average molecular weight is 287 g/mol. The summed E-state index contributed by atoms with van der Waals surface area (Å²) < 4.78 is 0. The van der Waals surface area contributed by atoms with E-state index in [9.17, 15) is 10.1 Å². The molecule has 1 N–H and O–H groups in total. The van der Waals surface area contributed by atoms with Crippen LogP contribution in [0.3, 0.4) is 0 Å². The summed E-state index contributed by atoms with van der Waals surface area (Å²) in [6.45, 7) is 5.78. The molecular formula is C12H19ClN4O2. The zero-order valence-electron chi connectivity index (χ0n) is 11.4. The van der Waals surface area contributed by atoms with Crippen LogP contribution in [0.15, 0.2) is 12.1 Å². The predicted molar refractivity (Wildman–Crippen MR) is 76.8 cm³/mol. The Morgan fingerprint density at radius 3 is 2.84 bits per heavy atom. The predicted octanol–water partition coefficient (Wildman–Crippen LogP) is 2.79. The van der Waals surface area contributed by atoms with Crippen molar-refractivity contribution in [2.75, 3.05) is 25.5 Å². The Hall–Kier alpha value is -1.40. The Bertz CT molecular complexity index is 442. The van der Waals surface area contributed by atoms with Gasteiger partial charge in [0.25, 0.3) is 5.69 Å². The first-order valence-electron chi connectivity index (χ1n) is 6.20. The third-order valence-corrected chi connectivity index (χ3v) is 3.30. The Morgan fingerprint density at radius 2 is 2.26 bits per heavy atom. The van der Waals surface area contributed by atoms with Crippen molar-refractivity contribution in [3.8, 4) is 0 Å². The van der Waals surface area contributed by atoms with Crippen molar-refractivity contribution >= 4 is 23.1 Å². The van der Waals surface area contributed by atoms with Crippen molar-refractivity contribution in [2.24, 2.45) is 0 Å². The van der Waals surface area contributed by atoms with Gasteiger partial charge in [-0.3, -0.25) is 10.1 Å². The fourth-order valence-electron chi connectivity index (χ4n) is 1.57. The molecule has 0 saturated carbocycles. The summed E-state index contributed by atoms with van der Waals surface area (Å²) in [6.07, 6.45) is 1.08. The number of aromatic nitrogens is 1. The topological polar surface area (TPSA) is 71.3 Å². The maximum atomic E-state index is 10.7. The molecule has 6 nitrogen and oxygen atoms in total. The third kappa shape index (κ3) is 5.00. The summed E-state index contributed by atoms with van der Waals surface area (Å²) in [5, 5.41) is 13.9. The van der Waals surface area contributed by atoms with Gasteiger partial charge in [0.2, 0.25) is 0 Å². The van der Waals surface area contributed by atoms with E-state index in [0.717, 1.165) is 13.0 Å². The lowest BCUT2D eigenvalue weighted by molar-refractivity contribution is -0.384. The lowest BCUT2D eigenvalue weighted by atomic mass is 10.2. The minimum atomic E-state index is -0.482. The van der Waals surface area contributed by atoms with Crippen molar-refractivity contribution in [3.63, 3.8) is 0 Å². The molecule has 0 bridgehead atoms. The van der Waals surface area contributed by atoms with Crippen LogP contribution in [0.1, 0.15) is 20.3 Å². The molecule has 0 spiro atoms. The molecule has 0 aliphatic carbocycles. The zero-order valence-corrected chi connectivity index (χ0v) is 12.1. The van der Waals surface area contributed by atoms with Crippen molar-refractivity contribution < 1.29 is 4.92 Å². The van der Waals surface area contributed by atoms with Crippen LogP contribution in [-0.4, -0.2) is 41.0 Å². The van der Waals surface area contributed by atoms with Gasteiger partial charge in [-0.15, -0.1) is 0 Å². The maximum absolute atomic E-state index is 10.7. The highest BCUT2D eigenvalue weighted by atomic mass is 35.5. The van der Waals surface area contributed by atoms with Crippen molar-refractivity contribution in [3.05, 3.63) is 27.4 Å². The first-order chi connectivity index (χ1) is 8.93. The number of nitrogens with one attached hydrogen (secondary N) is 1. The molecular weight excluding hydrogens is 268 g/mol. The van der Waals surface area contributed by atoms with E-state index in [1.165, 1.54) is 12.1 Å². The molecule has 1 heterocycles. The van der Waals surface area contributed by atoms with Crippen LogP contribution >= 0.6 is 11.6 Å². The smallest absolute Gasteiger partial charge is 0.276 e. The van der Waals surface area contributed by atoms with Crippen LogP contribution in [0.2, 0.25) is 5.15 Å². The van der Waals surface area contributed by atoms with Crippen LogP contribution in [-0.2, 0) is 0 Å². The molecule has 0 amide bonds. The number of hydrogen-bond acceptors (Lipinski definition) is 5. The molecule has 1 rings (SSSR count). The van der Waals surface area contributed by atoms with Gasteiger partial charge in [-0.25, -0.2) is 4.98 Å². The lowest BCUT2D eigenvalue weighted by Crippen LogP contribution is -2.32. The highest BCUT2D eigenvalue weighted by Gasteiger charge is 2.10. The van der Waals surface area contributed by atoms with Gasteiger partial charge >= 0.3 is 0 Å². The molecule has 19 heavy (non-hydrogen) atoms. The van der Waals surface area contributed by atoms with Gasteiger partial charge in [-0.05, 0) is 20.4 Å². The van der Waals surface area contributed by atoms with Crippen LogP contribution in [0.4, 0.5) is 11.5 Å². The monoisotopic (exact) mass is 286 g/mol. The number of rotatable bonds is 7. The van der Waals surface area contributed by atoms with E-state index < -0.39 is 4.92 Å². The Kier molecular flexibility index (Phi) is 5.98. The standard InChI is InChI=1S/C12H19ClN4O2/c1-4-9(2)16(3)6-5-14-12-8-10(17(18)19)7-11(13)15-12/h7-9H,4-6H2,1-3H3,(H,14,15). The van der Waals surface area contributed by atoms with E-state index in [-0.39, 0.29) is 10.8 Å². The van der Waals surface area contributed by atoms with Crippen LogP contribution in [0.25, 0.3) is 0 Å². The zero-order chi connectivity index (χ0) is 14.4. The highest BCUT2D eigenvalue weighted by molar-refractivity contribution is 6.29. The van der Waals surface area contributed by atoms with E-state index in [2.05, 4.69) is 29.0 Å². The summed E-state index contributed by atoms with van der Waals surface area (Å²) in [5.41, 5.74) is -0.0576. The number of halogens is 1. The van der Waals surface area contributed by atoms with Gasteiger partial charge in [0.05, 0.1) is 17.1 Å². The second-order valence-electron chi connectivity index (χ2n) is 4.46. The van der Waals surface area contributed by atoms with Gasteiger partial charge in [0, 0.05) is 19.1 Å². The molecule has 0 aliphatic heterocycles. The van der Waals surface area contributed by atoms with Gasteiger partial charge in [0.1, 0.15) is 11.0 Å². The van der Waals surface area contributed by atoms with Crippen LogP contribution in [0.5, 0.6) is 0 Å². The number of hydrogen-bond donors (Lipinski definition) is 1. The Morgan fingerprint density at radius 1 is 1.58 bits per heavy atom. The Balaban J connectivity index is 2.56. The minimum Gasteiger partial charge on any atom is -0.369 e. The first kappa shape index (κ1) is 15.7. The molecule has 1 aromatic rings. The lowest BCUT2D eigenvalue weighted by Gasteiger charge is -2.23.